The molecule has 0 aliphatic heterocycles. The minimum absolute atomic E-state index is 0.648. The molecule has 1 atom stereocenters. The first kappa shape index (κ1) is 16.7. The smallest absolute Gasteiger partial charge is 0.323 e. The van der Waals surface area contributed by atoms with Crippen molar-refractivity contribution in [2.45, 2.75) is 65.5 Å². The van der Waals surface area contributed by atoms with Gasteiger partial charge in [-0.15, -0.1) is 0 Å². The lowest BCUT2D eigenvalue weighted by Crippen LogP contribution is -2.49. The maximum absolute atomic E-state index is 11.4. The van der Waals surface area contributed by atoms with Gasteiger partial charge in [0.15, 0.2) is 0 Å². The molecule has 0 saturated heterocycles. The van der Waals surface area contributed by atoms with Crippen LogP contribution in [0.25, 0.3) is 0 Å². The highest BCUT2D eigenvalue weighted by atomic mass is 16.4. The number of aromatic nitrogens is 2. The Hall–Kier alpha value is -1.36. The Morgan fingerprint density at radius 2 is 2.15 bits per heavy atom. The van der Waals surface area contributed by atoms with E-state index in [1.807, 2.05) is 20.2 Å². The van der Waals surface area contributed by atoms with E-state index in [4.69, 9.17) is 0 Å². The van der Waals surface area contributed by atoms with Gasteiger partial charge in [-0.25, -0.2) is 4.98 Å². The summed E-state index contributed by atoms with van der Waals surface area (Å²) in [6, 6.07) is 0. The van der Waals surface area contributed by atoms with Crippen molar-refractivity contribution in [2.75, 3.05) is 6.54 Å². The van der Waals surface area contributed by atoms with Gasteiger partial charge in [0, 0.05) is 12.2 Å². The number of hydrogen-bond donors (Lipinski definition) is 2. The molecule has 0 aliphatic rings. The van der Waals surface area contributed by atoms with Gasteiger partial charge < -0.3 is 15.0 Å². The fourth-order valence-corrected chi connectivity index (χ4v) is 2.20. The number of unbranched alkanes of at least 4 members (excludes halogenated alkanes) is 1. The van der Waals surface area contributed by atoms with Crippen LogP contribution in [0.3, 0.4) is 0 Å². The minimum Gasteiger partial charge on any atom is -0.480 e. The van der Waals surface area contributed by atoms with E-state index in [1.165, 1.54) is 5.69 Å². The lowest BCUT2D eigenvalue weighted by molar-refractivity contribution is -0.144. The molecule has 0 saturated carbocycles. The van der Waals surface area contributed by atoms with Gasteiger partial charge in [-0.3, -0.25) is 4.79 Å². The van der Waals surface area contributed by atoms with Crippen molar-refractivity contribution in [2.24, 2.45) is 0 Å². The minimum atomic E-state index is -0.810. The maximum Gasteiger partial charge on any atom is 0.323 e. The number of aryl methyl sites for hydroxylation is 2. The Labute approximate surface area is 121 Å². The Kier molecular flexibility index (Phi) is 6.20. The van der Waals surface area contributed by atoms with Gasteiger partial charge in [0.2, 0.25) is 0 Å². The molecule has 1 unspecified atom stereocenters. The van der Waals surface area contributed by atoms with Crippen molar-refractivity contribution in [1.29, 1.82) is 0 Å². The largest absolute Gasteiger partial charge is 0.480 e. The third-order valence-electron chi connectivity index (χ3n) is 3.91. The molecule has 0 aromatic carbocycles. The first-order valence-electron chi connectivity index (χ1n) is 7.37. The third kappa shape index (κ3) is 4.34. The number of rotatable bonds is 9. The molecule has 5 nitrogen and oxygen atoms in total. The van der Waals surface area contributed by atoms with Crippen LogP contribution in [0.2, 0.25) is 0 Å². The summed E-state index contributed by atoms with van der Waals surface area (Å²) in [7, 11) is 0. The molecule has 0 fully saturated rings. The Morgan fingerprint density at radius 1 is 1.45 bits per heavy atom. The summed E-state index contributed by atoms with van der Waals surface area (Å²) >= 11 is 0. The number of imidazole rings is 1. The number of carboxylic acids is 1. The Bertz CT molecular complexity index is 442. The first-order valence-corrected chi connectivity index (χ1v) is 7.37. The van der Waals surface area contributed by atoms with E-state index in [1.54, 1.807) is 6.92 Å². The number of aliphatic carboxylic acids is 1. The highest BCUT2D eigenvalue weighted by molar-refractivity contribution is 5.78. The summed E-state index contributed by atoms with van der Waals surface area (Å²) in [5.74, 6) is -0.763. The molecular formula is C15H27N3O2. The zero-order chi connectivity index (χ0) is 15.2. The Morgan fingerprint density at radius 3 is 2.65 bits per heavy atom. The van der Waals surface area contributed by atoms with Crippen LogP contribution in [-0.2, 0) is 11.3 Å². The van der Waals surface area contributed by atoms with Crippen molar-refractivity contribution >= 4 is 5.97 Å². The average Bonchev–Trinajstić information content (AvgIpc) is 2.73. The maximum atomic E-state index is 11.4. The van der Waals surface area contributed by atoms with Gasteiger partial charge in [0.05, 0.1) is 12.0 Å². The van der Waals surface area contributed by atoms with Crippen LogP contribution < -0.4 is 5.32 Å². The second-order valence-electron chi connectivity index (χ2n) is 5.63. The van der Waals surface area contributed by atoms with Crippen LogP contribution in [0, 0.1) is 13.8 Å². The van der Waals surface area contributed by atoms with E-state index in [-0.39, 0.29) is 0 Å². The number of carboxylic acid groups (broad SMARTS) is 1. The van der Waals surface area contributed by atoms with Crippen molar-refractivity contribution in [3.63, 3.8) is 0 Å². The van der Waals surface area contributed by atoms with Gasteiger partial charge in [0.1, 0.15) is 5.54 Å². The van der Waals surface area contributed by atoms with Crippen LogP contribution in [0.5, 0.6) is 0 Å². The van der Waals surface area contributed by atoms with Gasteiger partial charge >= 0.3 is 5.97 Å². The van der Waals surface area contributed by atoms with E-state index in [0.29, 0.717) is 6.42 Å². The van der Waals surface area contributed by atoms with Gasteiger partial charge in [-0.1, -0.05) is 6.92 Å². The summed E-state index contributed by atoms with van der Waals surface area (Å²) in [4.78, 5) is 15.6. The highest BCUT2D eigenvalue weighted by Crippen LogP contribution is 2.15. The quantitative estimate of drug-likeness (QED) is 0.683. The number of nitrogens with zero attached hydrogens (tertiary/aromatic N) is 2. The topological polar surface area (TPSA) is 67.2 Å². The average molecular weight is 281 g/mol. The van der Waals surface area contributed by atoms with Crippen LogP contribution in [-0.4, -0.2) is 32.7 Å². The Balaban J connectivity index is 2.41. The van der Waals surface area contributed by atoms with Crippen molar-refractivity contribution in [3.05, 3.63) is 17.7 Å². The fourth-order valence-electron chi connectivity index (χ4n) is 2.20. The number of hydrogen-bond acceptors (Lipinski definition) is 3. The summed E-state index contributed by atoms with van der Waals surface area (Å²) < 4.78 is 2.13. The van der Waals surface area contributed by atoms with Crippen molar-refractivity contribution < 1.29 is 9.90 Å². The van der Waals surface area contributed by atoms with Crippen LogP contribution in [0.4, 0.5) is 0 Å². The predicted molar refractivity (Wildman–Crippen MR) is 79.9 cm³/mol. The molecule has 0 amide bonds. The molecule has 0 spiro atoms. The summed E-state index contributed by atoms with van der Waals surface area (Å²) in [6.45, 7) is 9.52. The molecule has 0 bridgehead atoms. The van der Waals surface area contributed by atoms with E-state index >= 15 is 0 Å². The van der Waals surface area contributed by atoms with Crippen molar-refractivity contribution in [3.8, 4) is 0 Å². The molecule has 5 heteroatoms. The van der Waals surface area contributed by atoms with E-state index in [0.717, 1.165) is 38.0 Å². The molecular weight excluding hydrogens is 254 g/mol. The van der Waals surface area contributed by atoms with Crippen LogP contribution in [0.15, 0.2) is 6.33 Å². The van der Waals surface area contributed by atoms with Gasteiger partial charge in [-0.2, -0.15) is 0 Å². The van der Waals surface area contributed by atoms with Crippen LogP contribution in [0.1, 0.15) is 50.9 Å². The first-order chi connectivity index (χ1) is 9.40. The SMILES string of the molecule is CCCNC(C)(CCCCn1cnc(C)c1C)C(=O)O. The molecule has 1 aromatic rings. The summed E-state index contributed by atoms with van der Waals surface area (Å²) in [5, 5.41) is 12.5. The normalized spacial score (nSPS) is 14.2. The molecule has 1 aromatic heterocycles. The summed E-state index contributed by atoms with van der Waals surface area (Å²) in [5.41, 5.74) is 1.44. The van der Waals surface area contributed by atoms with Gasteiger partial charge in [0.25, 0.3) is 0 Å². The molecule has 0 radical (unpaired) electrons. The predicted octanol–water partition coefficient (Wildman–Crippen LogP) is 2.51. The van der Waals surface area contributed by atoms with Crippen LogP contribution >= 0.6 is 0 Å². The molecule has 1 rings (SSSR count). The standard InChI is InChI=1S/C15H27N3O2/c1-5-9-17-15(4,14(19)20)8-6-7-10-18-11-16-12(2)13(18)3/h11,17H,5-10H2,1-4H3,(H,19,20). The second kappa shape index (κ2) is 7.43. The van der Waals surface area contributed by atoms with E-state index in [2.05, 4.69) is 21.8 Å². The lowest BCUT2D eigenvalue weighted by atomic mass is 9.94. The fraction of sp³-hybridized carbons (Fsp3) is 0.733. The zero-order valence-corrected chi connectivity index (χ0v) is 13.1. The molecule has 20 heavy (non-hydrogen) atoms. The zero-order valence-electron chi connectivity index (χ0n) is 13.1. The number of nitrogens with one attached hydrogen (secondary N) is 1. The molecule has 0 aliphatic carbocycles. The second-order valence-corrected chi connectivity index (χ2v) is 5.63. The van der Waals surface area contributed by atoms with E-state index in [9.17, 15) is 9.90 Å². The van der Waals surface area contributed by atoms with E-state index < -0.39 is 11.5 Å². The lowest BCUT2D eigenvalue weighted by Gasteiger charge is -2.26. The molecule has 1 heterocycles. The van der Waals surface area contributed by atoms with Gasteiger partial charge in [-0.05, 0) is 53.0 Å². The summed E-state index contributed by atoms with van der Waals surface area (Å²) in [6.07, 6.45) is 5.30. The highest BCUT2D eigenvalue weighted by Gasteiger charge is 2.31. The third-order valence-corrected chi connectivity index (χ3v) is 3.91. The monoisotopic (exact) mass is 281 g/mol. The molecule has 114 valence electrons. The molecule has 2 N–H and O–H groups in total. The number of carbonyl (C=O) groups is 1. The van der Waals surface area contributed by atoms with Crippen molar-refractivity contribution in [1.82, 2.24) is 14.9 Å².